The van der Waals surface area contributed by atoms with Crippen LogP contribution in [0.5, 0.6) is 0 Å². The number of amides is 1. The standard InChI is InChI=1S/C20H15Cl2F3N4O/c21-12-6-7-14(13(22)8-12)27-19(30)16-10-18-26-15(11-4-2-1-3-5-11)9-17(20(23,24)25)29(18)28-16/h1-8,10,15,17,26H,9H2,(H,27,30)/t15-,17-/m1/s1. The van der Waals surface area contributed by atoms with Crippen LogP contribution in [0.2, 0.25) is 10.0 Å². The highest BCUT2D eigenvalue weighted by Gasteiger charge is 2.46. The van der Waals surface area contributed by atoms with Crippen molar-refractivity contribution in [2.24, 2.45) is 0 Å². The fourth-order valence-electron chi connectivity index (χ4n) is 3.37. The van der Waals surface area contributed by atoms with E-state index in [1.165, 1.54) is 24.3 Å². The summed E-state index contributed by atoms with van der Waals surface area (Å²) in [6.45, 7) is 0. The Morgan fingerprint density at radius 3 is 2.53 bits per heavy atom. The lowest BCUT2D eigenvalue weighted by Crippen LogP contribution is -2.35. The Bertz CT molecular complexity index is 1090. The highest BCUT2D eigenvalue weighted by molar-refractivity contribution is 6.36. The van der Waals surface area contributed by atoms with E-state index in [2.05, 4.69) is 15.7 Å². The van der Waals surface area contributed by atoms with Gasteiger partial charge in [-0.15, -0.1) is 0 Å². The summed E-state index contributed by atoms with van der Waals surface area (Å²) in [6.07, 6.45) is -4.77. The van der Waals surface area contributed by atoms with Crippen molar-refractivity contribution in [1.29, 1.82) is 0 Å². The van der Waals surface area contributed by atoms with E-state index in [4.69, 9.17) is 23.2 Å². The van der Waals surface area contributed by atoms with Crippen molar-refractivity contribution < 1.29 is 18.0 Å². The van der Waals surface area contributed by atoms with Crippen molar-refractivity contribution in [3.05, 3.63) is 75.9 Å². The first-order valence-corrected chi connectivity index (χ1v) is 9.72. The number of benzene rings is 2. The van der Waals surface area contributed by atoms with Crippen molar-refractivity contribution in [3.63, 3.8) is 0 Å². The van der Waals surface area contributed by atoms with Gasteiger partial charge in [0.15, 0.2) is 11.7 Å². The van der Waals surface area contributed by atoms with E-state index in [1.54, 1.807) is 30.3 Å². The molecular weight excluding hydrogens is 440 g/mol. The Labute approximate surface area is 179 Å². The molecule has 0 bridgehead atoms. The van der Waals surface area contributed by atoms with Gasteiger partial charge in [0.1, 0.15) is 5.82 Å². The number of halogens is 5. The molecule has 1 aromatic heterocycles. The zero-order valence-corrected chi connectivity index (χ0v) is 16.8. The van der Waals surface area contributed by atoms with Gasteiger partial charge in [-0.1, -0.05) is 53.5 Å². The maximum atomic E-state index is 13.7. The highest BCUT2D eigenvalue weighted by atomic mass is 35.5. The second-order valence-corrected chi connectivity index (χ2v) is 7.68. The number of rotatable bonds is 3. The first-order chi connectivity index (χ1) is 14.2. The number of hydrogen-bond acceptors (Lipinski definition) is 3. The fourth-order valence-corrected chi connectivity index (χ4v) is 3.82. The number of hydrogen-bond donors (Lipinski definition) is 2. The minimum Gasteiger partial charge on any atom is -0.363 e. The lowest BCUT2D eigenvalue weighted by molar-refractivity contribution is -0.173. The zero-order valence-electron chi connectivity index (χ0n) is 15.3. The molecule has 0 spiro atoms. The van der Waals surface area contributed by atoms with E-state index < -0.39 is 24.2 Å². The summed E-state index contributed by atoms with van der Waals surface area (Å²) < 4.78 is 42.0. The lowest BCUT2D eigenvalue weighted by Gasteiger charge is -2.33. The van der Waals surface area contributed by atoms with E-state index in [0.29, 0.717) is 5.02 Å². The van der Waals surface area contributed by atoms with Crippen LogP contribution in [-0.2, 0) is 0 Å². The summed E-state index contributed by atoms with van der Waals surface area (Å²) in [7, 11) is 0. The normalized spacial score (nSPS) is 18.4. The minimum absolute atomic E-state index is 0.116. The number of carbonyl (C=O) groups is 1. The number of anilines is 2. The molecule has 0 saturated carbocycles. The Morgan fingerprint density at radius 2 is 1.87 bits per heavy atom. The Kier molecular flexibility index (Phi) is 5.38. The molecule has 156 valence electrons. The second-order valence-electron chi connectivity index (χ2n) is 6.84. The van der Waals surface area contributed by atoms with Gasteiger partial charge in [-0.3, -0.25) is 4.79 Å². The number of aromatic nitrogens is 2. The quantitative estimate of drug-likeness (QED) is 0.502. The molecule has 0 saturated heterocycles. The Balaban J connectivity index is 1.64. The fraction of sp³-hybridized carbons (Fsp3) is 0.200. The summed E-state index contributed by atoms with van der Waals surface area (Å²) in [5.74, 6) is -0.565. The molecule has 2 heterocycles. The van der Waals surface area contributed by atoms with Crippen molar-refractivity contribution >= 4 is 40.6 Å². The number of nitrogens with zero attached hydrogens (tertiary/aromatic N) is 2. The van der Waals surface area contributed by atoms with Crippen LogP contribution < -0.4 is 10.6 Å². The SMILES string of the molecule is O=C(Nc1ccc(Cl)cc1Cl)c1cc2n(n1)[C@@H](C(F)(F)F)C[C@H](c1ccccc1)N2. The van der Waals surface area contributed by atoms with E-state index in [-0.39, 0.29) is 28.6 Å². The molecular formula is C20H15Cl2F3N4O. The van der Waals surface area contributed by atoms with Crippen LogP contribution in [0.15, 0.2) is 54.6 Å². The largest absolute Gasteiger partial charge is 0.410 e. The Morgan fingerprint density at radius 1 is 1.13 bits per heavy atom. The average molecular weight is 455 g/mol. The molecule has 10 heteroatoms. The van der Waals surface area contributed by atoms with Gasteiger partial charge < -0.3 is 10.6 Å². The van der Waals surface area contributed by atoms with Gasteiger partial charge >= 0.3 is 6.18 Å². The molecule has 2 N–H and O–H groups in total. The average Bonchev–Trinajstić information content (AvgIpc) is 3.13. The topological polar surface area (TPSA) is 59.0 Å². The molecule has 1 aliphatic heterocycles. The van der Waals surface area contributed by atoms with Crippen LogP contribution in [0.25, 0.3) is 0 Å². The number of carbonyl (C=O) groups excluding carboxylic acids is 1. The van der Waals surface area contributed by atoms with Crippen molar-refractivity contribution in [1.82, 2.24) is 9.78 Å². The molecule has 1 amide bonds. The highest BCUT2D eigenvalue weighted by Crippen LogP contribution is 2.43. The van der Waals surface area contributed by atoms with Crippen LogP contribution in [0.4, 0.5) is 24.7 Å². The monoisotopic (exact) mass is 454 g/mol. The molecule has 1 aliphatic rings. The van der Waals surface area contributed by atoms with Crippen LogP contribution in [0.3, 0.4) is 0 Å². The third-order valence-electron chi connectivity index (χ3n) is 4.80. The smallest absolute Gasteiger partial charge is 0.363 e. The molecule has 0 aliphatic carbocycles. The maximum absolute atomic E-state index is 13.7. The number of nitrogens with one attached hydrogen (secondary N) is 2. The van der Waals surface area contributed by atoms with Crippen LogP contribution >= 0.6 is 23.2 Å². The van der Waals surface area contributed by atoms with Gasteiger partial charge in [0.2, 0.25) is 0 Å². The molecule has 0 unspecified atom stereocenters. The molecule has 3 aromatic rings. The molecule has 2 aromatic carbocycles. The van der Waals surface area contributed by atoms with Crippen molar-refractivity contribution in [3.8, 4) is 0 Å². The van der Waals surface area contributed by atoms with E-state index in [1.807, 2.05) is 0 Å². The van der Waals surface area contributed by atoms with Gasteiger partial charge in [-0.05, 0) is 23.8 Å². The second kappa shape index (κ2) is 7.85. The number of alkyl halides is 3. The summed E-state index contributed by atoms with van der Waals surface area (Å²) in [5, 5.41) is 10.1. The minimum atomic E-state index is -4.52. The summed E-state index contributed by atoms with van der Waals surface area (Å²) in [6, 6.07) is 12.2. The maximum Gasteiger partial charge on any atom is 0.410 e. The molecule has 4 rings (SSSR count). The van der Waals surface area contributed by atoms with Crippen molar-refractivity contribution in [2.45, 2.75) is 24.7 Å². The van der Waals surface area contributed by atoms with Gasteiger partial charge in [-0.25, -0.2) is 4.68 Å². The molecule has 2 atom stereocenters. The van der Waals surface area contributed by atoms with E-state index in [9.17, 15) is 18.0 Å². The van der Waals surface area contributed by atoms with Gasteiger partial charge in [0.05, 0.1) is 16.8 Å². The molecule has 0 radical (unpaired) electrons. The molecule has 30 heavy (non-hydrogen) atoms. The van der Waals surface area contributed by atoms with Crippen LogP contribution in [0.1, 0.15) is 34.6 Å². The van der Waals surface area contributed by atoms with Gasteiger partial charge in [0, 0.05) is 17.5 Å². The zero-order chi connectivity index (χ0) is 21.5. The van der Waals surface area contributed by atoms with E-state index >= 15 is 0 Å². The Hall–Kier alpha value is -2.71. The molecule has 0 fully saturated rings. The lowest BCUT2D eigenvalue weighted by atomic mass is 9.97. The third kappa shape index (κ3) is 4.11. The first kappa shape index (κ1) is 20.6. The first-order valence-electron chi connectivity index (χ1n) is 8.96. The predicted molar refractivity (Wildman–Crippen MR) is 109 cm³/mol. The molecule has 5 nitrogen and oxygen atoms in total. The van der Waals surface area contributed by atoms with E-state index in [0.717, 1.165) is 10.2 Å². The van der Waals surface area contributed by atoms with Crippen molar-refractivity contribution in [2.75, 3.05) is 10.6 Å². The summed E-state index contributed by atoms with van der Waals surface area (Å²) in [4.78, 5) is 12.6. The summed E-state index contributed by atoms with van der Waals surface area (Å²) in [5.41, 5.74) is 0.837. The third-order valence-corrected chi connectivity index (χ3v) is 5.35. The van der Waals surface area contributed by atoms with Gasteiger partial charge in [-0.2, -0.15) is 18.3 Å². The summed E-state index contributed by atoms with van der Waals surface area (Å²) >= 11 is 11.9. The number of fused-ring (bicyclic) bond motifs is 1. The van der Waals surface area contributed by atoms with Crippen LogP contribution in [0, 0.1) is 0 Å². The van der Waals surface area contributed by atoms with Gasteiger partial charge in [0.25, 0.3) is 5.91 Å². The predicted octanol–water partition coefficient (Wildman–Crippen LogP) is 6.10. The van der Waals surface area contributed by atoms with Crippen LogP contribution in [-0.4, -0.2) is 21.9 Å².